The standard InChI is InChI=1S/C30H42F2N4O4.2ClH/c1-3-19(2)27(37)34-26(20-10-13-30(31,32)14-11-20)29(39)36-17-21-7-6-15-35(21)18-24(36)28(38)33-23-12-16-40-25-9-5-4-8-22(23)25;;/h4-5,8-9,19-21,23-24,26H,3,6-7,10-18H2,1-2H3,(H,33,38)(H,34,37);2*1H/t19-,21+,23-,24+,26+;;/m1../s1. The van der Waals surface area contributed by atoms with Gasteiger partial charge >= 0.3 is 0 Å². The van der Waals surface area contributed by atoms with Crippen LogP contribution >= 0.6 is 24.8 Å². The monoisotopic (exact) mass is 632 g/mol. The number of nitrogens with one attached hydrogen (secondary N) is 2. The zero-order chi connectivity index (χ0) is 28.4. The quantitative estimate of drug-likeness (QED) is 0.462. The molecule has 0 aromatic heterocycles. The van der Waals surface area contributed by atoms with Gasteiger partial charge in [0.05, 0.1) is 12.6 Å². The minimum Gasteiger partial charge on any atom is -0.493 e. The van der Waals surface area contributed by atoms with Crippen LogP contribution in [0.1, 0.15) is 76.8 Å². The molecule has 8 nitrogen and oxygen atoms in total. The summed E-state index contributed by atoms with van der Waals surface area (Å²) in [5, 5.41) is 6.12. The van der Waals surface area contributed by atoms with E-state index in [9.17, 15) is 23.2 Å². The molecule has 0 bridgehead atoms. The summed E-state index contributed by atoms with van der Waals surface area (Å²) in [6, 6.07) is 5.90. The van der Waals surface area contributed by atoms with Crippen LogP contribution in [0.2, 0.25) is 0 Å². The van der Waals surface area contributed by atoms with Crippen LogP contribution in [-0.4, -0.2) is 77.8 Å². The first kappa shape index (κ1) is 34.3. The second-order valence-corrected chi connectivity index (χ2v) is 12.0. The fraction of sp³-hybridized carbons (Fsp3) is 0.700. The van der Waals surface area contributed by atoms with Gasteiger partial charge in [0.25, 0.3) is 0 Å². The average Bonchev–Trinajstić information content (AvgIpc) is 3.42. The Kier molecular flexibility index (Phi) is 11.9. The summed E-state index contributed by atoms with van der Waals surface area (Å²) in [4.78, 5) is 45.1. The minimum absolute atomic E-state index is 0. The number of nitrogens with zero attached hydrogens (tertiary/aromatic N) is 2. The van der Waals surface area contributed by atoms with Crippen molar-refractivity contribution in [3.05, 3.63) is 29.8 Å². The number of piperazine rings is 1. The SMILES string of the molecule is CC[C@@H](C)C(=O)N[C@H](C(=O)N1C[C@@H]2CCCN2C[C@H]1C(=O)N[C@@H]1CCOc2ccccc21)C1CCC(F)(F)CC1.Cl.Cl. The number of carbonyl (C=O) groups is 3. The van der Waals surface area contributed by atoms with Crippen molar-refractivity contribution < 1.29 is 27.9 Å². The van der Waals surface area contributed by atoms with Crippen molar-refractivity contribution in [1.82, 2.24) is 20.4 Å². The molecule has 3 aliphatic heterocycles. The van der Waals surface area contributed by atoms with E-state index >= 15 is 0 Å². The van der Waals surface area contributed by atoms with Crippen LogP contribution in [0.25, 0.3) is 0 Å². The molecule has 1 aliphatic carbocycles. The number of benzene rings is 1. The second kappa shape index (κ2) is 14.5. The Morgan fingerprint density at radius 3 is 2.50 bits per heavy atom. The zero-order valence-corrected chi connectivity index (χ0v) is 26.0. The Morgan fingerprint density at radius 1 is 1.07 bits per heavy atom. The molecule has 1 aromatic carbocycles. The number of halogens is 4. The molecular weight excluding hydrogens is 589 g/mol. The third kappa shape index (κ3) is 7.48. The maximum absolute atomic E-state index is 14.3. The lowest BCUT2D eigenvalue weighted by molar-refractivity contribution is -0.150. The van der Waals surface area contributed by atoms with Crippen LogP contribution in [0.4, 0.5) is 8.78 Å². The molecule has 2 N–H and O–H groups in total. The van der Waals surface area contributed by atoms with Crippen molar-refractivity contribution >= 4 is 42.5 Å². The highest BCUT2D eigenvalue weighted by Gasteiger charge is 2.47. The van der Waals surface area contributed by atoms with E-state index < -0.39 is 23.9 Å². The molecular formula is C30H44Cl2F2N4O4. The summed E-state index contributed by atoms with van der Waals surface area (Å²) in [5.74, 6) is -3.52. The molecule has 1 saturated carbocycles. The number of ether oxygens (including phenoxy) is 1. The number of para-hydroxylation sites is 1. The van der Waals surface area contributed by atoms with Gasteiger partial charge in [-0.05, 0) is 50.6 Å². The first-order valence-electron chi connectivity index (χ1n) is 14.9. The van der Waals surface area contributed by atoms with E-state index in [1.54, 1.807) is 11.8 Å². The molecule has 4 aliphatic rings. The van der Waals surface area contributed by atoms with Gasteiger partial charge in [0.2, 0.25) is 23.6 Å². The average molecular weight is 634 g/mol. The molecule has 2 saturated heterocycles. The molecule has 0 spiro atoms. The van der Waals surface area contributed by atoms with Crippen LogP contribution < -0.4 is 15.4 Å². The minimum atomic E-state index is -2.75. The summed E-state index contributed by atoms with van der Waals surface area (Å²) in [5.41, 5.74) is 0.914. The van der Waals surface area contributed by atoms with Crippen molar-refractivity contribution in [2.24, 2.45) is 11.8 Å². The van der Waals surface area contributed by atoms with Gasteiger partial charge in [0.15, 0.2) is 0 Å². The predicted octanol–water partition coefficient (Wildman–Crippen LogP) is 4.50. The topological polar surface area (TPSA) is 91.0 Å². The Labute approximate surface area is 259 Å². The second-order valence-electron chi connectivity index (χ2n) is 12.0. The Balaban J connectivity index is 0.00000242. The lowest BCUT2D eigenvalue weighted by Gasteiger charge is -2.45. The summed E-state index contributed by atoms with van der Waals surface area (Å²) in [6.45, 7) is 5.87. The van der Waals surface area contributed by atoms with Gasteiger partial charge in [-0.2, -0.15) is 0 Å². The molecule has 42 heavy (non-hydrogen) atoms. The van der Waals surface area contributed by atoms with Crippen LogP contribution in [-0.2, 0) is 14.4 Å². The number of hydrogen-bond donors (Lipinski definition) is 2. The first-order valence-corrected chi connectivity index (χ1v) is 14.9. The van der Waals surface area contributed by atoms with Crippen LogP contribution in [0.3, 0.4) is 0 Å². The van der Waals surface area contributed by atoms with Gasteiger partial charge < -0.3 is 20.3 Å². The van der Waals surface area contributed by atoms with Gasteiger partial charge in [0.1, 0.15) is 17.8 Å². The fourth-order valence-corrected chi connectivity index (χ4v) is 6.68. The normalized spacial score (nSPS) is 26.7. The Bertz CT molecular complexity index is 1100. The van der Waals surface area contributed by atoms with Crippen molar-refractivity contribution in [3.63, 3.8) is 0 Å². The van der Waals surface area contributed by atoms with E-state index in [1.807, 2.05) is 31.2 Å². The number of amides is 3. The van der Waals surface area contributed by atoms with Gasteiger partial charge in [-0.25, -0.2) is 8.78 Å². The van der Waals surface area contributed by atoms with Crippen molar-refractivity contribution in [1.29, 1.82) is 0 Å². The molecule has 3 amide bonds. The maximum Gasteiger partial charge on any atom is 0.248 e. The number of hydrogen-bond acceptors (Lipinski definition) is 5. The lowest BCUT2D eigenvalue weighted by atomic mass is 9.81. The van der Waals surface area contributed by atoms with Crippen molar-refractivity contribution in [2.45, 2.75) is 95.3 Å². The largest absolute Gasteiger partial charge is 0.493 e. The maximum atomic E-state index is 14.3. The van der Waals surface area contributed by atoms with Gasteiger partial charge in [0, 0.05) is 49.9 Å². The van der Waals surface area contributed by atoms with E-state index in [0.717, 1.165) is 30.7 Å². The fourth-order valence-electron chi connectivity index (χ4n) is 6.68. The molecule has 5 atom stereocenters. The molecule has 12 heteroatoms. The molecule has 0 unspecified atom stereocenters. The van der Waals surface area contributed by atoms with Crippen LogP contribution in [0, 0.1) is 11.8 Å². The highest BCUT2D eigenvalue weighted by Crippen LogP contribution is 2.39. The van der Waals surface area contributed by atoms with Crippen LogP contribution in [0.5, 0.6) is 5.75 Å². The summed E-state index contributed by atoms with van der Waals surface area (Å²) >= 11 is 0. The van der Waals surface area contributed by atoms with E-state index in [1.165, 1.54) is 0 Å². The summed E-state index contributed by atoms with van der Waals surface area (Å²) in [6.07, 6.45) is 2.87. The number of rotatable bonds is 7. The molecule has 1 aromatic rings. The van der Waals surface area contributed by atoms with Gasteiger partial charge in [-0.15, -0.1) is 24.8 Å². The van der Waals surface area contributed by atoms with E-state index in [-0.39, 0.29) is 86.2 Å². The van der Waals surface area contributed by atoms with Crippen molar-refractivity contribution in [2.75, 3.05) is 26.2 Å². The Hall–Kier alpha value is -2.17. The van der Waals surface area contributed by atoms with Gasteiger partial charge in [-0.1, -0.05) is 32.0 Å². The third-order valence-corrected chi connectivity index (χ3v) is 9.41. The lowest BCUT2D eigenvalue weighted by Crippen LogP contribution is -2.66. The van der Waals surface area contributed by atoms with Crippen molar-refractivity contribution in [3.8, 4) is 5.75 Å². The number of alkyl halides is 2. The van der Waals surface area contributed by atoms with Crippen LogP contribution in [0.15, 0.2) is 24.3 Å². The third-order valence-electron chi connectivity index (χ3n) is 9.41. The molecule has 236 valence electrons. The summed E-state index contributed by atoms with van der Waals surface area (Å²) in [7, 11) is 0. The summed E-state index contributed by atoms with van der Waals surface area (Å²) < 4.78 is 33.8. The van der Waals surface area contributed by atoms with Gasteiger partial charge in [-0.3, -0.25) is 19.3 Å². The van der Waals surface area contributed by atoms with E-state index in [2.05, 4.69) is 15.5 Å². The number of carbonyl (C=O) groups excluding carboxylic acids is 3. The van der Waals surface area contributed by atoms with E-state index in [0.29, 0.717) is 32.5 Å². The molecule has 3 heterocycles. The molecule has 3 fully saturated rings. The Morgan fingerprint density at radius 2 is 1.79 bits per heavy atom. The number of fused-ring (bicyclic) bond motifs is 2. The predicted molar refractivity (Wildman–Crippen MR) is 160 cm³/mol. The zero-order valence-electron chi connectivity index (χ0n) is 24.4. The highest BCUT2D eigenvalue weighted by molar-refractivity contribution is 5.93. The smallest absolute Gasteiger partial charge is 0.248 e. The first-order chi connectivity index (χ1) is 19.2. The molecule has 0 radical (unpaired) electrons. The molecule has 5 rings (SSSR count). The highest BCUT2D eigenvalue weighted by atomic mass is 35.5. The van der Waals surface area contributed by atoms with E-state index in [4.69, 9.17) is 4.74 Å².